The summed E-state index contributed by atoms with van der Waals surface area (Å²) in [7, 11) is 0. The second-order valence-electron chi connectivity index (χ2n) is 8.68. The monoisotopic (exact) mass is 431 g/mol. The minimum Gasteiger partial charge on any atom is -0.393 e. The van der Waals surface area contributed by atoms with Crippen molar-refractivity contribution in [3.05, 3.63) is 53.5 Å². The van der Waals surface area contributed by atoms with Gasteiger partial charge in [-0.1, -0.05) is 82.7 Å². The average molecular weight is 432 g/mol. The Morgan fingerprint density at radius 3 is 2.23 bits per heavy atom. The number of hydrogen-bond acceptors (Lipinski definition) is 2. The number of hydrogen-bond donors (Lipinski definition) is 1. The summed E-state index contributed by atoms with van der Waals surface area (Å²) in [5, 5.41) is 9.74. The van der Waals surface area contributed by atoms with Crippen LogP contribution in [0.15, 0.2) is 36.4 Å². The molecule has 2 aromatic rings. The average Bonchev–Trinajstić information content (AvgIpc) is 2.77. The van der Waals surface area contributed by atoms with Gasteiger partial charge in [0.1, 0.15) is 6.17 Å². The summed E-state index contributed by atoms with van der Waals surface area (Å²) >= 11 is 0. The van der Waals surface area contributed by atoms with Crippen molar-refractivity contribution in [1.29, 1.82) is 0 Å². The molecule has 2 atom stereocenters. The number of benzene rings is 1. The summed E-state index contributed by atoms with van der Waals surface area (Å²) in [5.74, 6) is -0.606. The molecule has 1 aromatic carbocycles. The summed E-state index contributed by atoms with van der Waals surface area (Å²) in [5.41, 5.74) is 3.03. The molecule has 1 aromatic heterocycles. The van der Waals surface area contributed by atoms with Gasteiger partial charge in [-0.3, -0.25) is 0 Å². The summed E-state index contributed by atoms with van der Waals surface area (Å²) in [4.78, 5) is 4.07. The second kappa shape index (κ2) is 14.3. The minimum atomic E-state index is -1.17. The van der Waals surface area contributed by atoms with Crippen LogP contribution in [-0.4, -0.2) is 22.4 Å². The lowest BCUT2D eigenvalue weighted by Crippen LogP contribution is -2.13. The third-order valence-corrected chi connectivity index (χ3v) is 5.87. The van der Waals surface area contributed by atoms with Gasteiger partial charge in [0.05, 0.1) is 11.8 Å². The van der Waals surface area contributed by atoms with Crippen molar-refractivity contribution in [2.75, 3.05) is 0 Å². The fourth-order valence-corrected chi connectivity index (χ4v) is 3.92. The van der Waals surface area contributed by atoms with Crippen LogP contribution in [0.1, 0.15) is 89.2 Å². The number of nitrogens with zero attached hydrogens (tertiary/aromatic N) is 1. The number of alkyl halides is 1. The van der Waals surface area contributed by atoms with Crippen molar-refractivity contribution in [3.8, 4) is 11.3 Å². The van der Waals surface area contributed by atoms with Crippen molar-refractivity contribution in [3.63, 3.8) is 0 Å². The third kappa shape index (κ3) is 9.47. The van der Waals surface area contributed by atoms with Gasteiger partial charge in [0, 0.05) is 17.5 Å². The summed E-state index contributed by atoms with van der Waals surface area (Å²) < 4.78 is 28.7. The number of aliphatic hydroxyl groups is 1. The van der Waals surface area contributed by atoms with E-state index in [2.05, 4.69) is 24.0 Å². The fraction of sp³-hybridized carbons (Fsp3) is 0.593. The molecule has 0 aliphatic rings. The van der Waals surface area contributed by atoms with E-state index < -0.39 is 18.2 Å². The first kappa shape index (κ1) is 25.5. The number of aliphatic hydroxyl groups excluding tert-OH is 1. The van der Waals surface area contributed by atoms with Crippen LogP contribution in [0.25, 0.3) is 11.3 Å². The predicted molar refractivity (Wildman–Crippen MR) is 125 cm³/mol. The number of unbranched alkanes of at least 4 members (excludes halogenated alkanes) is 5. The highest BCUT2D eigenvalue weighted by atomic mass is 19.1. The number of aromatic nitrogens is 1. The van der Waals surface area contributed by atoms with Gasteiger partial charge < -0.3 is 5.11 Å². The quantitative estimate of drug-likeness (QED) is 0.232. The highest BCUT2D eigenvalue weighted by Gasteiger charge is 2.15. The minimum absolute atomic E-state index is 0.00481. The summed E-state index contributed by atoms with van der Waals surface area (Å²) in [6.45, 7) is 4.22. The summed E-state index contributed by atoms with van der Waals surface area (Å²) in [6.07, 6.45) is 9.31. The first-order valence-electron chi connectivity index (χ1n) is 12.1. The lowest BCUT2D eigenvalue weighted by atomic mass is 10.0. The highest BCUT2D eigenvalue weighted by molar-refractivity contribution is 5.59. The van der Waals surface area contributed by atoms with Crippen molar-refractivity contribution < 1.29 is 13.9 Å². The zero-order valence-electron chi connectivity index (χ0n) is 19.3. The van der Waals surface area contributed by atoms with E-state index in [0.717, 1.165) is 18.4 Å². The van der Waals surface area contributed by atoms with Crippen LogP contribution in [-0.2, 0) is 12.8 Å². The van der Waals surface area contributed by atoms with Crippen LogP contribution < -0.4 is 0 Å². The van der Waals surface area contributed by atoms with Crippen LogP contribution in [0.5, 0.6) is 0 Å². The van der Waals surface area contributed by atoms with E-state index in [4.69, 9.17) is 0 Å². The molecule has 0 aliphatic heterocycles. The molecule has 4 heteroatoms. The van der Waals surface area contributed by atoms with Crippen LogP contribution in [0.2, 0.25) is 0 Å². The van der Waals surface area contributed by atoms with E-state index in [-0.39, 0.29) is 12.8 Å². The lowest BCUT2D eigenvalue weighted by molar-refractivity contribution is 0.137. The van der Waals surface area contributed by atoms with Gasteiger partial charge >= 0.3 is 0 Å². The third-order valence-electron chi connectivity index (χ3n) is 5.87. The Balaban J connectivity index is 1.85. The van der Waals surface area contributed by atoms with Gasteiger partial charge in [-0.25, -0.2) is 9.37 Å². The maximum absolute atomic E-state index is 14.5. The molecule has 172 valence electrons. The van der Waals surface area contributed by atoms with Crippen molar-refractivity contribution in [1.82, 2.24) is 4.98 Å². The van der Waals surface area contributed by atoms with Crippen molar-refractivity contribution >= 4 is 0 Å². The molecule has 31 heavy (non-hydrogen) atoms. The Labute approximate surface area is 187 Å². The molecule has 2 rings (SSSR count). The van der Waals surface area contributed by atoms with Crippen LogP contribution >= 0.6 is 0 Å². The molecule has 0 fully saturated rings. The Hall–Kier alpha value is -1.81. The topological polar surface area (TPSA) is 33.1 Å². The molecule has 0 saturated heterocycles. The van der Waals surface area contributed by atoms with E-state index in [9.17, 15) is 13.9 Å². The maximum atomic E-state index is 14.5. The van der Waals surface area contributed by atoms with Crippen LogP contribution in [0.4, 0.5) is 8.78 Å². The Bertz CT molecular complexity index is 747. The molecule has 1 heterocycles. The molecule has 0 spiro atoms. The zero-order valence-corrected chi connectivity index (χ0v) is 19.3. The first-order valence-corrected chi connectivity index (χ1v) is 12.1. The van der Waals surface area contributed by atoms with Gasteiger partial charge in [-0.05, 0) is 43.7 Å². The van der Waals surface area contributed by atoms with Crippen molar-refractivity contribution in [2.45, 2.75) is 103 Å². The SMILES string of the molecule is CCCCCCCCc1ccc(-c2ccc(CC(F)CCC(O)CCC)c(F)n2)cc1. The highest BCUT2D eigenvalue weighted by Crippen LogP contribution is 2.22. The molecule has 0 radical (unpaired) electrons. The van der Waals surface area contributed by atoms with Crippen LogP contribution in [0.3, 0.4) is 0 Å². The molecule has 2 unspecified atom stereocenters. The molecular formula is C27H39F2NO. The molecule has 1 N–H and O–H groups in total. The Morgan fingerprint density at radius 1 is 0.839 bits per heavy atom. The molecule has 2 nitrogen and oxygen atoms in total. The maximum Gasteiger partial charge on any atom is 0.216 e. The largest absolute Gasteiger partial charge is 0.393 e. The number of aryl methyl sites for hydroxylation is 1. The van der Waals surface area contributed by atoms with E-state index in [0.29, 0.717) is 24.1 Å². The predicted octanol–water partition coefficient (Wildman–Crippen LogP) is 7.61. The molecular weight excluding hydrogens is 392 g/mol. The van der Waals surface area contributed by atoms with Gasteiger partial charge in [0.15, 0.2) is 0 Å². The normalized spacial score (nSPS) is 13.3. The first-order chi connectivity index (χ1) is 15.0. The number of pyridine rings is 1. The molecule has 0 saturated carbocycles. The Morgan fingerprint density at radius 2 is 1.55 bits per heavy atom. The molecule has 0 amide bonds. The molecule has 0 bridgehead atoms. The van der Waals surface area contributed by atoms with E-state index in [1.807, 2.05) is 19.1 Å². The number of halogens is 2. The lowest BCUT2D eigenvalue weighted by Gasteiger charge is -2.13. The molecule has 0 aliphatic carbocycles. The second-order valence-corrected chi connectivity index (χ2v) is 8.68. The van der Waals surface area contributed by atoms with Gasteiger partial charge in [-0.15, -0.1) is 0 Å². The van der Waals surface area contributed by atoms with E-state index >= 15 is 0 Å². The standard InChI is InChI=1S/C27H39F2NO/c1-3-5-6-7-8-9-11-21-12-14-22(15-13-21)26-19-16-23(27(29)30-26)20-24(28)17-18-25(31)10-4-2/h12-16,19,24-25,31H,3-11,17-18,20H2,1-2H3. The van der Waals surface area contributed by atoms with Crippen LogP contribution in [0, 0.1) is 5.95 Å². The smallest absolute Gasteiger partial charge is 0.216 e. The van der Waals surface area contributed by atoms with Gasteiger partial charge in [-0.2, -0.15) is 4.39 Å². The van der Waals surface area contributed by atoms with E-state index in [1.165, 1.54) is 44.1 Å². The van der Waals surface area contributed by atoms with E-state index in [1.54, 1.807) is 12.1 Å². The zero-order chi connectivity index (χ0) is 22.5. The Kier molecular flexibility index (Phi) is 11.7. The fourth-order valence-electron chi connectivity index (χ4n) is 3.92. The van der Waals surface area contributed by atoms with Crippen molar-refractivity contribution in [2.24, 2.45) is 0 Å². The summed E-state index contributed by atoms with van der Waals surface area (Å²) in [6, 6.07) is 11.6. The van der Waals surface area contributed by atoms with Gasteiger partial charge in [0.25, 0.3) is 0 Å². The number of rotatable bonds is 15. The van der Waals surface area contributed by atoms with Gasteiger partial charge in [0.2, 0.25) is 5.95 Å².